The van der Waals surface area contributed by atoms with Gasteiger partial charge in [-0.25, -0.2) is 4.98 Å². The van der Waals surface area contributed by atoms with E-state index in [1.54, 1.807) is 4.68 Å². The van der Waals surface area contributed by atoms with Gasteiger partial charge in [0.25, 0.3) is 0 Å². The molecular weight excluding hydrogens is 392 g/mol. The van der Waals surface area contributed by atoms with Gasteiger partial charge in [0.2, 0.25) is 11.0 Å². The molecule has 7 heteroatoms. The Bertz CT molecular complexity index is 1100. The van der Waals surface area contributed by atoms with Crippen LogP contribution in [0.5, 0.6) is 0 Å². The van der Waals surface area contributed by atoms with Gasteiger partial charge >= 0.3 is 0 Å². The number of rotatable bonds is 5. The topological polar surface area (TPSA) is 59.8 Å². The number of nitrogens with zero attached hydrogens (tertiary/aromatic N) is 3. The van der Waals surface area contributed by atoms with Crippen molar-refractivity contribution in [3.8, 4) is 27.6 Å². The van der Waals surface area contributed by atoms with Gasteiger partial charge in [-0.3, -0.25) is 4.79 Å². The molecule has 0 bridgehead atoms. The van der Waals surface area contributed by atoms with Crippen LogP contribution in [-0.2, 0) is 4.79 Å². The van der Waals surface area contributed by atoms with Gasteiger partial charge in [0.05, 0.1) is 11.4 Å². The Kier molecular flexibility index (Phi) is 5.23. The van der Waals surface area contributed by atoms with Crippen molar-refractivity contribution in [1.82, 2.24) is 14.8 Å². The monoisotopic (exact) mass is 408 g/mol. The van der Waals surface area contributed by atoms with Crippen LogP contribution in [0.15, 0.2) is 66.0 Å². The third kappa shape index (κ3) is 3.83. The molecule has 0 aliphatic rings. The maximum atomic E-state index is 11.9. The lowest BCUT2D eigenvalue weighted by Gasteiger charge is -2.04. The molecule has 2 aromatic heterocycles. The molecule has 2 aromatic carbocycles. The fraction of sp³-hybridized carbons (Fsp3) is 0.0952. The van der Waals surface area contributed by atoms with Crippen molar-refractivity contribution in [2.45, 2.75) is 6.92 Å². The van der Waals surface area contributed by atoms with Crippen molar-refractivity contribution < 1.29 is 4.79 Å². The number of halogens is 1. The second kappa shape index (κ2) is 7.96. The second-order valence-electron chi connectivity index (χ2n) is 6.26. The molecule has 0 fully saturated rings. The predicted molar refractivity (Wildman–Crippen MR) is 114 cm³/mol. The normalized spacial score (nSPS) is 10.8. The van der Waals surface area contributed by atoms with Crippen LogP contribution < -0.4 is 5.32 Å². The van der Waals surface area contributed by atoms with Gasteiger partial charge < -0.3 is 5.32 Å². The molecule has 4 rings (SSSR count). The summed E-state index contributed by atoms with van der Waals surface area (Å²) in [6.45, 7) is 2.04. The highest BCUT2D eigenvalue weighted by Crippen LogP contribution is 2.29. The molecule has 4 aromatic rings. The number of thiazole rings is 1. The first-order valence-corrected chi connectivity index (χ1v) is 10.1. The van der Waals surface area contributed by atoms with E-state index in [1.807, 2.05) is 73.0 Å². The number of hydrogen-bond donors (Lipinski definition) is 1. The van der Waals surface area contributed by atoms with Gasteiger partial charge in [-0.2, -0.15) is 9.78 Å². The number of aryl methyl sites for hydroxylation is 1. The summed E-state index contributed by atoms with van der Waals surface area (Å²) in [5, 5.41) is 10.1. The minimum absolute atomic E-state index is 0.127. The summed E-state index contributed by atoms with van der Waals surface area (Å²) in [4.78, 5) is 16.6. The van der Waals surface area contributed by atoms with Crippen LogP contribution in [0.1, 0.15) is 5.56 Å². The van der Waals surface area contributed by atoms with E-state index in [9.17, 15) is 4.79 Å². The summed E-state index contributed by atoms with van der Waals surface area (Å²) in [5.74, 6) is 0.117. The number of nitrogens with one attached hydrogen (secondary N) is 1. The third-order valence-electron chi connectivity index (χ3n) is 4.19. The van der Waals surface area contributed by atoms with E-state index in [0.29, 0.717) is 10.9 Å². The van der Waals surface area contributed by atoms with Gasteiger partial charge in [-0.1, -0.05) is 60.2 Å². The Labute approximate surface area is 171 Å². The fourth-order valence-corrected chi connectivity index (χ4v) is 3.62. The number of hydrogen-bond acceptors (Lipinski definition) is 4. The summed E-state index contributed by atoms with van der Waals surface area (Å²) in [7, 11) is 0. The van der Waals surface area contributed by atoms with Gasteiger partial charge in [-0.05, 0) is 6.92 Å². The molecule has 0 saturated carbocycles. The smallest absolute Gasteiger partial charge is 0.240 e. The molecule has 28 heavy (non-hydrogen) atoms. The Balaban J connectivity index is 1.75. The quantitative estimate of drug-likeness (QED) is 0.464. The molecular formula is C21H17ClN4OS. The number of aromatic nitrogens is 3. The molecule has 0 atom stereocenters. The third-order valence-corrected chi connectivity index (χ3v) is 5.25. The summed E-state index contributed by atoms with van der Waals surface area (Å²) in [6.07, 6.45) is 0. The summed E-state index contributed by atoms with van der Waals surface area (Å²) in [6, 6.07) is 19.8. The Morgan fingerprint density at radius 1 is 1.07 bits per heavy atom. The first-order chi connectivity index (χ1) is 13.6. The van der Waals surface area contributed by atoms with Gasteiger partial charge in [0.15, 0.2) is 0 Å². The molecule has 0 aliphatic carbocycles. The Morgan fingerprint density at radius 2 is 1.79 bits per heavy atom. The zero-order valence-corrected chi connectivity index (χ0v) is 16.7. The van der Waals surface area contributed by atoms with E-state index in [0.717, 1.165) is 22.5 Å². The molecule has 5 nitrogen and oxygen atoms in total. The maximum absolute atomic E-state index is 11.9. The van der Waals surface area contributed by atoms with Crippen molar-refractivity contribution >= 4 is 34.7 Å². The molecule has 0 saturated heterocycles. The number of alkyl halides is 1. The van der Waals surface area contributed by atoms with Crippen molar-refractivity contribution in [3.63, 3.8) is 0 Å². The van der Waals surface area contributed by atoms with Crippen LogP contribution in [0.2, 0.25) is 0 Å². The lowest BCUT2D eigenvalue weighted by atomic mass is 10.1. The largest absolute Gasteiger partial charge is 0.309 e. The predicted octanol–water partition coefficient (Wildman–Crippen LogP) is 5.15. The SMILES string of the molecule is Cc1ccc(-c2cc(NC(=O)CCl)n(-c3nc(-c4ccccc4)cs3)n2)cc1. The fourth-order valence-electron chi connectivity index (χ4n) is 2.76. The zero-order chi connectivity index (χ0) is 19.5. The highest BCUT2D eigenvalue weighted by Gasteiger charge is 2.16. The maximum Gasteiger partial charge on any atom is 0.240 e. The number of carbonyl (C=O) groups is 1. The Morgan fingerprint density at radius 3 is 2.50 bits per heavy atom. The standard InChI is InChI=1S/C21H17ClN4OS/c1-14-7-9-16(10-8-14)17-11-19(24-20(27)12-22)26(25-17)21-23-18(13-28-21)15-5-3-2-4-6-15/h2-11,13H,12H2,1H3,(H,24,27). The molecule has 1 N–H and O–H groups in total. The highest BCUT2D eigenvalue weighted by molar-refractivity contribution is 7.12. The molecule has 0 unspecified atom stereocenters. The molecule has 1 amide bonds. The second-order valence-corrected chi connectivity index (χ2v) is 7.36. The number of anilines is 1. The molecule has 0 aliphatic heterocycles. The first-order valence-electron chi connectivity index (χ1n) is 8.68. The highest BCUT2D eigenvalue weighted by atomic mass is 35.5. The summed E-state index contributed by atoms with van der Waals surface area (Å²) >= 11 is 7.13. The first kappa shape index (κ1) is 18.4. The van der Waals surface area contributed by atoms with Gasteiger partial charge in [0, 0.05) is 22.6 Å². The number of benzene rings is 2. The minimum atomic E-state index is -0.293. The molecule has 140 valence electrons. The lowest BCUT2D eigenvalue weighted by molar-refractivity contribution is -0.114. The van der Waals surface area contributed by atoms with Crippen LogP contribution in [0, 0.1) is 6.92 Å². The van der Waals surface area contributed by atoms with E-state index in [4.69, 9.17) is 16.6 Å². The zero-order valence-electron chi connectivity index (χ0n) is 15.1. The van der Waals surface area contributed by atoms with Crippen molar-refractivity contribution in [1.29, 1.82) is 0 Å². The van der Waals surface area contributed by atoms with Crippen LogP contribution in [0.25, 0.3) is 27.6 Å². The lowest BCUT2D eigenvalue weighted by Crippen LogP contribution is -2.15. The summed E-state index contributed by atoms with van der Waals surface area (Å²) < 4.78 is 1.65. The van der Waals surface area contributed by atoms with Crippen LogP contribution in [0.3, 0.4) is 0 Å². The van der Waals surface area contributed by atoms with E-state index >= 15 is 0 Å². The van der Waals surface area contributed by atoms with Crippen LogP contribution in [-0.4, -0.2) is 26.6 Å². The van der Waals surface area contributed by atoms with Gasteiger partial charge in [-0.15, -0.1) is 22.9 Å². The summed E-state index contributed by atoms with van der Waals surface area (Å²) in [5.41, 5.74) is 4.78. The van der Waals surface area contributed by atoms with E-state index in [2.05, 4.69) is 10.4 Å². The van der Waals surface area contributed by atoms with Gasteiger partial charge in [0.1, 0.15) is 11.7 Å². The van der Waals surface area contributed by atoms with Crippen molar-refractivity contribution in [2.24, 2.45) is 0 Å². The van der Waals surface area contributed by atoms with Crippen molar-refractivity contribution in [3.05, 3.63) is 71.6 Å². The average molecular weight is 409 g/mol. The number of amides is 1. The van der Waals surface area contributed by atoms with E-state index in [1.165, 1.54) is 16.9 Å². The van der Waals surface area contributed by atoms with Crippen LogP contribution in [0.4, 0.5) is 5.82 Å². The van der Waals surface area contributed by atoms with E-state index in [-0.39, 0.29) is 11.8 Å². The average Bonchev–Trinajstić information content (AvgIpc) is 3.36. The molecule has 2 heterocycles. The minimum Gasteiger partial charge on any atom is -0.309 e. The molecule has 0 spiro atoms. The number of carbonyl (C=O) groups excluding carboxylic acids is 1. The Hall–Kier alpha value is -2.96. The molecule has 0 radical (unpaired) electrons. The van der Waals surface area contributed by atoms with Crippen LogP contribution >= 0.6 is 22.9 Å². The van der Waals surface area contributed by atoms with E-state index < -0.39 is 0 Å². The van der Waals surface area contributed by atoms with Crippen molar-refractivity contribution in [2.75, 3.05) is 11.2 Å².